The van der Waals surface area contributed by atoms with Crippen LogP contribution in [0.25, 0.3) is 0 Å². The van der Waals surface area contributed by atoms with Crippen molar-refractivity contribution in [2.75, 3.05) is 13.2 Å². The Labute approximate surface area is 475 Å². The first kappa shape index (κ1) is 73.6. The highest BCUT2D eigenvalue weighted by Crippen LogP contribution is 2.24. The fourth-order valence-electron chi connectivity index (χ4n) is 11.0. The van der Waals surface area contributed by atoms with Gasteiger partial charge in [0.1, 0.15) is 30.5 Å². The lowest BCUT2D eigenvalue weighted by molar-refractivity contribution is -0.302. The molecule has 1 rings (SSSR count). The lowest BCUT2D eigenvalue weighted by Crippen LogP contribution is -2.60. The largest absolute Gasteiger partial charge is 0.394 e. The minimum Gasteiger partial charge on any atom is -0.394 e. The van der Waals surface area contributed by atoms with Crippen molar-refractivity contribution in [1.29, 1.82) is 0 Å². The molecule has 8 unspecified atom stereocenters. The van der Waals surface area contributed by atoms with Crippen LogP contribution in [0.15, 0.2) is 24.3 Å². The van der Waals surface area contributed by atoms with Crippen molar-refractivity contribution in [3.63, 3.8) is 0 Å². The molecule has 8 atom stereocenters. The van der Waals surface area contributed by atoms with Crippen LogP contribution in [0.3, 0.4) is 0 Å². The maximum atomic E-state index is 13.2. The quantitative estimate of drug-likeness (QED) is 0.0232. The Kier molecular flexibility index (Phi) is 54.0. The van der Waals surface area contributed by atoms with Gasteiger partial charge < -0.3 is 45.4 Å². The van der Waals surface area contributed by atoms with Crippen molar-refractivity contribution in [2.45, 2.75) is 384 Å². The molecule has 0 spiro atoms. The van der Waals surface area contributed by atoms with E-state index in [9.17, 15) is 35.4 Å². The summed E-state index contributed by atoms with van der Waals surface area (Å²) < 4.78 is 11.3. The van der Waals surface area contributed by atoms with Crippen LogP contribution in [-0.2, 0) is 14.3 Å². The fourth-order valence-corrected chi connectivity index (χ4v) is 11.0. The van der Waals surface area contributed by atoms with Crippen molar-refractivity contribution in [3.05, 3.63) is 24.3 Å². The van der Waals surface area contributed by atoms with Crippen LogP contribution in [0.2, 0.25) is 0 Å². The maximum Gasteiger partial charge on any atom is 0.249 e. The number of hydrogen-bond acceptors (Lipinski definition) is 9. The molecule has 0 aromatic rings. The first-order valence-corrected chi connectivity index (χ1v) is 33.6. The summed E-state index contributed by atoms with van der Waals surface area (Å²) in [5.41, 5.74) is 0. The van der Waals surface area contributed by atoms with E-state index in [1.54, 1.807) is 0 Å². The molecule has 1 amide bonds. The van der Waals surface area contributed by atoms with E-state index in [0.717, 1.165) is 57.8 Å². The molecule has 10 heteroatoms. The van der Waals surface area contributed by atoms with Gasteiger partial charge in [0.05, 0.1) is 25.4 Å². The molecule has 0 aliphatic carbocycles. The van der Waals surface area contributed by atoms with Crippen LogP contribution in [0.5, 0.6) is 0 Å². The van der Waals surface area contributed by atoms with E-state index in [4.69, 9.17) is 9.47 Å². The van der Waals surface area contributed by atoms with Gasteiger partial charge in [-0.15, -0.1) is 0 Å². The van der Waals surface area contributed by atoms with Crippen LogP contribution in [-0.4, -0.2) is 98.7 Å². The van der Waals surface area contributed by atoms with E-state index in [1.165, 1.54) is 250 Å². The number of hydrogen-bond donors (Lipinski definition) is 7. The Hall–Kier alpha value is -1.37. The third kappa shape index (κ3) is 44.9. The smallest absolute Gasteiger partial charge is 0.249 e. The highest BCUT2D eigenvalue weighted by Gasteiger charge is 2.44. The molecule has 7 N–H and O–H groups in total. The van der Waals surface area contributed by atoms with E-state index in [0.29, 0.717) is 12.8 Å². The molecule has 0 aromatic carbocycles. The SMILES string of the molecule is CCCCCCCCCCCCCCC/C=C\C/C=C\CCCCCCCCCCCCCCCCCCC(O)C(=O)NC(COC1OC(CO)C(O)C(O)C1O)C(O)CCCCCCCCCCCCCCCCCC. The van der Waals surface area contributed by atoms with Crippen molar-refractivity contribution in [1.82, 2.24) is 5.32 Å². The van der Waals surface area contributed by atoms with Crippen LogP contribution in [0, 0.1) is 0 Å². The second-order valence-corrected chi connectivity index (χ2v) is 23.8. The van der Waals surface area contributed by atoms with Crippen LogP contribution in [0.4, 0.5) is 0 Å². The Balaban J connectivity index is 2.10. The highest BCUT2D eigenvalue weighted by atomic mass is 16.7. The summed E-state index contributed by atoms with van der Waals surface area (Å²) in [5, 5.41) is 65.4. The standard InChI is InChI=1S/C67H129NO9/c1-3-5-7-9-11-13-15-17-19-21-22-23-24-25-26-27-28-29-30-31-32-33-34-35-36-37-38-39-40-42-44-46-48-50-52-54-56-61(71)66(75)68-59(58-76-67-65(74)64(73)63(72)62(57-69)77-67)60(70)55-53-51-49-47-45-43-41-20-18-16-14-12-10-8-6-4-2/h26-27,29-30,59-65,67,69-74H,3-25,28,31-58H2,1-2H3,(H,68,75)/b27-26-,30-29-. The Bertz CT molecular complexity index is 1280. The van der Waals surface area contributed by atoms with Crippen LogP contribution >= 0.6 is 0 Å². The monoisotopic (exact) mass is 1090 g/mol. The maximum absolute atomic E-state index is 13.2. The second-order valence-electron chi connectivity index (χ2n) is 23.8. The number of unbranched alkanes of at least 4 members (excludes halogenated alkanes) is 44. The molecule has 0 radical (unpaired) electrons. The Morgan fingerprint density at radius 2 is 0.766 bits per heavy atom. The van der Waals surface area contributed by atoms with Crippen molar-refractivity contribution in [3.8, 4) is 0 Å². The predicted molar refractivity (Wildman–Crippen MR) is 324 cm³/mol. The minimum atomic E-state index is -1.60. The van der Waals surface area contributed by atoms with Gasteiger partial charge in [0, 0.05) is 0 Å². The van der Waals surface area contributed by atoms with E-state index < -0.39 is 61.5 Å². The first-order valence-electron chi connectivity index (χ1n) is 33.6. The number of allylic oxidation sites excluding steroid dienone is 4. The number of nitrogens with one attached hydrogen (secondary N) is 1. The van der Waals surface area contributed by atoms with Gasteiger partial charge >= 0.3 is 0 Å². The zero-order chi connectivity index (χ0) is 55.9. The first-order chi connectivity index (χ1) is 37.8. The minimum absolute atomic E-state index is 0.252. The lowest BCUT2D eigenvalue weighted by atomic mass is 9.99. The Morgan fingerprint density at radius 1 is 0.442 bits per heavy atom. The molecule has 1 fully saturated rings. The van der Waals surface area contributed by atoms with Gasteiger partial charge in [-0.3, -0.25) is 4.79 Å². The molecule has 1 heterocycles. The zero-order valence-electron chi connectivity index (χ0n) is 50.6. The third-order valence-electron chi connectivity index (χ3n) is 16.4. The molecule has 1 saturated heterocycles. The summed E-state index contributed by atoms with van der Waals surface area (Å²) in [5.74, 6) is -0.578. The number of amides is 1. The molecule has 1 aliphatic heterocycles. The molecular formula is C67H129NO9. The van der Waals surface area contributed by atoms with Crippen LogP contribution in [0.1, 0.15) is 335 Å². The molecule has 456 valence electrons. The van der Waals surface area contributed by atoms with E-state index in [-0.39, 0.29) is 6.61 Å². The topological polar surface area (TPSA) is 169 Å². The van der Waals surface area contributed by atoms with Crippen molar-refractivity contribution < 1.29 is 44.9 Å². The highest BCUT2D eigenvalue weighted by molar-refractivity contribution is 5.80. The number of aliphatic hydroxyl groups is 6. The van der Waals surface area contributed by atoms with Gasteiger partial charge in [-0.25, -0.2) is 0 Å². The molecule has 10 nitrogen and oxygen atoms in total. The van der Waals surface area contributed by atoms with E-state index in [1.807, 2.05) is 0 Å². The number of rotatable bonds is 59. The number of carbonyl (C=O) groups is 1. The second kappa shape index (κ2) is 56.5. The third-order valence-corrected chi connectivity index (χ3v) is 16.4. The molecule has 77 heavy (non-hydrogen) atoms. The molecule has 0 bridgehead atoms. The van der Waals surface area contributed by atoms with Gasteiger partial charge in [0.2, 0.25) is 5.91 Å². The van der Waals surface area contributed by atoms with E-state index in [2.05, 4.69) is 43.5 Å². The number of carbonyl (C=O) groups excluding carboxylic acids is 1. The summed E-state index contributed by atoms with van der Waals surface area (Å²) in [4.78, 5) is 13.2. The van der Waals surface area contributed by atoms with Crippen molar-refractivity contribution in [2.24, 2.45) is 0 Å². The average Bonchev–Trinajstić information content (AvgIpc) is 3.43. The van der Waals surface area contributed by atoms with Gasteiger partial charge in [-0.05, 0) is 44.9 Å². The summed E-state index contributed by atoms with van der Waals surface area (Å²) >= 11 is 0. The van der Waals surface area contributed by atoms with Crippen LogP contribution < -0.4 is 5.32 Å². The van der Waals surface area contributed by atoms with Crippen molar-refractivity contribution >= 4 is 5.91 Å². The van der Waals surface area contributed by atoms with Gasteiger partial charge in [0.15, 0.2) is 6.29 Å². The molecule has 0 saturated carbocycles. The summed E-state index contributed by atoms with van der Waals surface area (Å²) in [7, 11) is 0. The fraction of sp³-hybridized carbons (Fsp3) is 0.925. The van der Waals surface area contributed by atoms with Gasteiger partial charge in [0.25, 0.3) is 0 Å². The van der Waals surface area contributed by atoms with Gasteiger partial charge in [-0.2, -0.15) is 0 Å². The lowest BCUT2D eigenvalue weighted by Gasteiger charge is -2.40. The summed E-state index contributed by atoms with van der Waals surface area (Å²) in [6.45, 7) is 3.72. The van der Waals surface area contributed by atoms with E-state index >= 15 is 0 Å². The average molecular weight is 1090 g/mol. The van der Waals surface area contributed by atoms with Gasteiger partial charge in [-0.1, -0.05) is 314 Å². The number of ether oxygens (including phenoxy) is 2. The molecular weight excluding hydrogens is 963 g/mol. The zero-order valence-corrected chi connectivity index (χ0v) is 50.6. The number of aliphatic hydroxyl groups excluding tert-OH is 6. The molecule has 0 aromatic heterocycles. The summed E-state index contributed by atoms with van der Waals surface area (Å²) in [6.07, 6.45) is 62.8. The Morgan fingerprint density at radius 3 is 1.12 bits per heavy atom. The summed E-state index contributed by atoms with van der Waals surface area (Å²) in [6, 6.07) is -0.893. The normalized spacial score (nSPS) is 19.2. The molecule has 1 aliphatic rings. The predicted octanol–water partition coefficient (Wildman–Crippen LogP) is 16.7.